The van der Waals surface area contributed by atoms with E-state index in [1.165, 1.54) is 11.8 Å². The van der Waals surface area contributed by atoms with E-state index in [1.807, 2.05) is 31.2 Å². The summed E-state index contributed by atoms with van der Waals surface area (Å²) in [7, 11) is -3.21. The number of nitrogens with one attached hydrogen (secondary N) is 1. The average molecular weight is 330 g/mol. The van der Waals surface area contributed by atoms with Crippen molar-refractivity contribution in [1.82, 2.24) is 4.72 Å². The van der Waals surface area contributed by atoms with Crippen LogP contribution in [-0.4, -0.2) is 38.7 Å². The Balaban J connectivity index is 1.68. The summed E-state index contributed by atoms with van der Waals surface area (Å²) in [5.41, 5.74) is 6.32. The summed E-state index contributed by atoms with van der Waals surface area (Å²) in [4.78, 5) is 1.03. The van der Waals surface area contributed by atoms with E-state index in [1.54, 1.807) is 0 Å². The van der Waals surface area contributed by atoms with Gasteiger partial charge in [-0.15, -0.1) is 11.8 Å². The first-order valence-corrected chi connectivity index (χ1v) is 9.72. The zero-order valence-corrected chi connectivity index (χ0v) is 13.8. The van der Waals surface area contributed by atoms with Crippen LogP contribution in [0.25, 0.3) is 0 Å². The zero-order chi connectivity index (χ0) is 15.3. The van der Waals surface area contributed by atoms with Crippen LogP contribution >= 0.6 is 11.8 Å². The van der Waals surface area contributed by atoms with Crippen LogP contribution in [0.4, 0.5) is 5.69 Å². The molecule has 1 aromatic carbocycles. The highest BCUT2D eigenvalue weighted by Gasteiger charge is 2.32. The van der Waals surface area contributed by atoms with Crippen LogP contribution in [0.1, 0.15) is 19.8 Å². The standard InChI is InChI=1S/C14H22N2O3S2/c1-2-19-13-9-12(10-13)16-21(17,18)8-7-20-14-5-3-11(15)4-6-14/h3-6,12-13,16H,2,7-10,15H2,1H3. The number of sulfonamides is 1. The number of rotatable bonds is 8. The molecule has 0 heterocycles. The molecule has 5 nitrogen and oxygen atoms in total. The van der Waals surface area contributed by atoms with Crippen molar-refractivity contribution >= 4 is 27.5 Å². The number of anilines is 1. The van der Waals surface area contributed by atoms with Gasteiger partial charge < -0.3 is 10.5 Å². The summed E-state index contributed by atoms with van der Waals surface area (Å²) in [6.07, 6.45) is 1.77. The van der Waals surface area contributed by atoms with E-state index in [0.29, 0.717) is 18.0 Å². The largest absolute Gasteiger partial charge is 0.399 e. The van der Waals surface area contributed by atoms with Gasteiger partial charge in [-0.2, -0.15) is 0 Å². The number of benzene rings is 1. The maximum atomic E-state index is 12.0. The quantitative estimate of drug-likeness (QED) is 0.561. The van der Waals surface area contributed by atoms with Crippen molar-refractivity contribution in [2.45, 2.75) is 36.8 Å². The van der Waals surface area contributed by atoms with E-state index >= 15 is 0 Å². The lowest BCUT2D eigenvalue weighted by Gasteiger charge is -2.35. The summed E-state index contributed by atoms with van der Waals surface area (Å²) in [6, 6.07) is 7.47. The van der Waals surface area contributed by atoms with Gasteiger partial charge in [-0.25, -0.2) is 13.1 Å². The molecule has 118 valence electrons. The molecule has 3 N–H and O–H groups in total. The second-order valence-corrected chi connectivity index (χ2v) is 8.14. The molecule has 0 radical (unpaired) electrons. The normalized spacial score (nSPS) is 22.0. The Bertz CT molecular complexity index is 540. The van der Waals surface area contributed by atoms with Crippen LogP contribution in [0.15, 0.2) is 29.2 Å². The Labute approximate surface area is 130 Å². The fraction of sp³-hybridized carbons (Fsp3) is 0.571. The molecule has 0 spiro atoms. The third-order valence-corrected chi connectivity index (χ3v) is 6.05. The monoisotopic (exact) mass is 330 g/mol. The fourth-order valence-electron chi connectivity index (χ4n) is 2.18. The van der Waals surface area contributed by atoms with Crippen molar-refractivity contribution in [3.05, 3.63) is 24.3 Å². The van der Waals surface area contributed by atoms with Crippen molar-refractivity contribution in [3.63, 3.8) is 0 Å². The van der Waals surface area contributed by atoms with Crippen LogP contribution in [0, 0.1) is 0 Å². The van der Waals surface area contributed by atoms with E-state index in [9.17, 15) is 8.42 Å². The van der Waals surface area contributed by atoms with Crippen molar-refractivity contribution in [2.24, 2.45) is 0 Å². The molecule has 0 unspecified atom stereocenters. The topological polar surface area (TPSA) is 81.4 Å². The average Bonchev–Trinajstić information content (AvgIpc) is 2.38. The molecule has 0 atom stereocenters. The Hall–Kier alpha value is -0.760. The van der Waals surface area contributed by atoms with Crippen LogP contribution < -0.4 is 10.5 Å². The second kappa shape index (κ2) is 7.49. The molecule has 1 saturated carbocycles. The molecule has 21 heavy (non-hydrogen) atoms. The van der Waals surface area contributed by atoms with Gasteiger partial charge in [0.15, 0.2) is 0 Å². The summed E-state index contributed by atoms with van der Waals surface area (Å²) >= 11 is 1.52. The minimum Gasteiger partial charge on any atom is -0.399 e. The fourth-order valence-corrected chi connectivity index (χ4v) is 4.77. The molecule has 0 saturated heterocycles. The van der Waals surface area contributed by atoms with Crippen LogP contribution in [-0.2, 0) is 14.8 Å². The Morgan fingerprint density at radius 3 is 2.62 bits per heavy atom. The smallest absolute Gasteiger partial charge is 0.212 e. The van der Waals surface area contributed by atoms with Crippen LogP contribution in [0.3, 0.4) is 0 Å². The highest BCUT2D eigenvalue weighted by molar-refractivity contribution is 8.00. The van der Waals surface area contributed by atoms with Gasteiger partial charge in [0.05, 0.1) is 11.9 Å². The number of nitrogen functional groups attached to an aromatic ring is 1. The van der Waals surface area contributed by atoms with Crippen LogP contribution in [0.5, 0.6) is 0 Å². The lowest BCUT2D eigenvalue weighted by atomic mass is 9.90. The minimum atomic E-state index is -3.21. The van der Waals surface area contributed by atoms with Gasteiger partial charge >= 0.3 is 0 Å². The molecule has 1 fully saturated rings. The summed E-state index contributed by atoms with van der Waals surface area (Å²) in [5, 5.41) is 0. The summed E-state index contributed by atoms with van der Waals surface area (Å²) in [6.45, 7) is 2.63. The molecule has 2 rings (SSSR count). The third-order valence-electron chi connectivity index (χ3n) is 3.34. The lowest BCUT2D eigenvalue weighted by Crippen LogP contribution is -2.48. The minimum absolute atomic E-state index is 0.0353. The van der Waals surface area contributed by atoms with Crippen molar-refractivity contribution in [3.8, 4) is 0 Å². The highest BCUT2D eigenvalue weighted by Crippen LogP contribution is 2.24. The number of thioether (sulfide) groups is 1. The molecule has 0 amide bonds. The number of nitrogens with two attached hydrogens (primary N) is 1. The van der Waals surface area contributed by atoms with Gasteiger partial charge in [0, 0.05) is 29.0 Å². The van der Waals surface area contributed by atoms with Crippen molar-refractivity contribution in [1.29, 1.82) is 0 Å². The highest BCUT2D eigenvalue weighted by atomic mass is 32.2. The van der Waals surface area contributed by atoms with Gasteiger partial charge in [0.25, 0.3) is 0 Å². The molecular formula is C14H22N2O3S2. The molecule has 0 aliphatic heterocycles. The molecular weight excluding hydrogens is 308 g/mol. The van der Waals surface area contributed by atoms with Gasteiger partial charge in [-0.3, -0.25) is 0 Å². The summed E-state index contributed by atoms with van der Waals surface area (Å²) < 4.78 is 32.1. The number of hydrogen-bond donors (Lipinski definition) is 2. The first kappa shape index (κ1) is 16.6. The lowest BCUT2D eigenvalue weighted by molar-refractivity contribution is -0.00474. The van der Waals surface area contributed by atoms with Gasteiger partial charge in [-0.1, -0.05) is 0 Å². The van der Waals surface area contributed by atoms with Crippen LogP contribution in [0.2, 0.25) is 0 Å². The third kappa shape index (κ3) is 5.50. The Morgan fingerprint density at radius 1 is 1.33 bits per heavy atom. The van der Waals surface area contributed by atoms with E-state index in [2.05, 4.69) is 4.72 Å². The zero-order valence-electron chi connectivity index (χ0n) is 12.1. The van der Waals surface area contributed by atoms with E-state index in [0.717, 1.165) is 17.7 Å². The maximum absolute atomic E-state index is 12.0. The van der Waals surface area contributed by atoms with Crippen molar-refractivity contribution < 1.29 is 13.2 Å². The van der Waals surface area contributed by atoms with E-state index < -0.39 is 10.0 Å². The van der Waals surface area contributed by atoms with E-state index in [4.69, 9.17) is 10.5 Å². The van der Waals surface area contributed by atoms with Gasteiger partial charge in [0.2, 0.25) is 10.0 Å². The molecule has 7 heteroatoms. The number of ether oxygens (including phenoxy) is 1. The van der Waals surface area contributed by atoms with E-state index in [-0.39, 0.29) is 17.9 Å². The molecule has 1 aliphatic rings. The second-order valence-electron chi connectivity index (χ2n) is 5.10. The Morgan fingerprint density at radius 2 is 2.00 bits per heavy atom. The molecule has 0 bridgehead atoms. The molecule has 0 aromatic heterocycles. The number of hydrogen-bond acceptors (Lipinski definition) is 5. The first-order chi connectivity index (χ1) is 9.98. The predicted octanol–water partition coefficient (Wildman–Crippen LogP) is 1.85. The predicted molar refractivity (Wildman–Crippen MR) is 86.9 cm³/mol. The van der Waals surface area contributed by atoms with Crippen molar-refractivity contribution in [2.75, 3.05) is 23.8 Å². The maximum Gasteiger partial charge on any atom is 0.212 e. The molecule has 1 aromatic rings. The Kier molecular flexibility index (Phi) is 5.92. The summed E-state index contributed by atoms with van der Waals surface area (Å²) in [5.74, 6) is 0.651. The first-order valence-electron chi connectivity index (χ1n) is 7.08. The SMILES string of the molecule is CCOC1CC(NS(=O)(=O)CCSc2ccc(N)cc2)C1. The molecule has 1 aliphatic carbocycles. The van der Waals surface area contributed by atoms with Gasteiger partial charge in [-0.05, 0) is 44.0 Å². The van der Waals surface area contributed by atoms with Gasteiger partial charge in [0.1, 0.15) is 0 Å².